The number of phenols is 1. The molecule has 0 unspecified atom stereocenters. The van der Waals surface area contributed by atoms with E-state index in [-0.39, 0.29) is 28.6 Å². The largest absolute Gasteiger partial charge is 0.508 e. The Labute approximate surface area is 135 Å². The highest BCUT2D eigenvalue weighted by atomic mass is 16.3. The number of aromatic nitrogens is 3. The third-order valence-electron chi connectivity index (χ3n) is 3.36. The first-order valence-corrected chi connectivity index (χ1v) is 6.78. The number of aromatic hydroxyl groups is 1. The fourth-order valence-corrected chi connectivity index (χ4v) is 2.26. The number of carbonyl (C=O) groups excluding carboxylic acids is 1. The number of benzene rings is 1. The molecule has 2 aromatic heterocycles. The zero-order valence-corrected chi connectivity index (χ0v) is 12.2. The van der Waals surface area contributed by atoms with Gasteiger partial charge in [-0.05, 0) is 24.3 Å². The molecule has 3 aromatic rings. The first-order valence-electron chi connectivity index (χ1n) is 6.78. The minimum atomic E-state index is -0.925. The highest BCUT2D eigenvalue weighted by Gasteiger charge is 2.19. The van der Waals surface area contributed by atoms with Crippen LogP contribution in [-0.2, 0) is 0 Å². The van der Waals surface area contributed by atoms with Gasteiger partial charge in [0, 0.05) is 16.9 Å². The van der Waals surface area contributed by atoms with Gasteiger partial charge in [0.05, 0.1) is 5.56 Å². The van der Waals surface area contributed by atoms with E-state index in [1.165, 1.54) is 35.1 Å². The summed E-state index contributed by atoms with van der Waals surface area (Å²) >= 11 is 0. The van der Waals surface area contributed by atoms with Crippen LogP contribution in [0.1, 0.15) is 10.4 Å². The number of nitrogens with two attached hydrogens (primary N) is 2. The van der Waals surface area contributed by atoms with Gasteiger partial charge in [0.15, 0.2) is 11.6 Å². The third kappa shape index (κ3) is 2.54. The summed E-state index contributed by atoms with van der Waals surface area (Å²) in [6.07, 6.45) is 1.34. The average Bonchev–Trinajstić information content (AvgIpc) is 2.89. The Hall–Kier alpha value is -3.75. The van der Waals surface area contributed by atoms with Gasteiger partial charge in [-0.1, -0.05) is 12.1 Å². The van der Waals surface area contributed by atoms with E-state index in [0.717, 1.165) is 0 Å². The Bertz CT molecular complexity index is 950. The number of rotatable bonds is 3. The van der Waals surface area contributed by atoms with Crippen molar-refractivity contribution >= 4 is 17.4 Å². The minimum absolute atomic E-state index is 0.0419. The topological polar surface area (TPSA) is 149 Å². The van der Waals surface area contributed by atoms with Gasteiger partial charge in [-0.15, -0.1) is 10.0 Å². The highest BCUT2D eigenvalue weighted by molar-refractivity contribution is 5.95. The molecule has 0 spiro atoms. The quantitative estimate of drug-likeness (QED) is 0.620. The molecule has 2 heterocycles. The molecule has 0 saturated carbocycles. The number of nitrogen functional groups attached to an aromatic ring is 2. The molecular formula is C15H12N6O3. The van der Waals surface area contributed by atoms with Gasteiger partial charge in [0.25, 0.3) is 0 Å². The van der Waals surface area contributed by atoms with Crippen molar-refractivity contribution in [2.45, 2.75) is 0 Å². The monoisotopic (exact) mass is 324 g/mol. The number of amides is 1. The number of phenolic OH excluding ortho intramolecular Hbond substituents is 1. The number of nitrogens with zero attached hydrogens (tertiary/aromatic N) is 4. The van der Waals surface area contributed by atoms with Crippen LogP contribution in [0.2, 0.25) is 0 Å². The van der Waals surface area contributed by atoms with Gasteiger partial charge in [-0.2, -0.15) is 0 Å². The summed E-state index contributed by atoms with van der Waals surface area (Å²) in [6.45, 7) is 0. The fourth-order valence-electron chi connectivity index (χ4n) is 2.26. The molecule has 0 bridgehead atoms. The average molecular weight is 324 g/mol. The first kappa shape index (κ1) is 15.2. The maximum Gasteiger partial charge on any atom is 0.316 e. The second kappa shape index (κ2) is 5.80. The SMILES string of the molecule is Nc1nn(-c2cc(C(=O)N=O)ccn2)c(-c2cccc(O)c2)c1N. The van der Waals surface area contributed by atoms with Crippen LogP contribution in [0.4, 0.5) is 11.5 Å². The molecular weight excluding hydrogens is 312 g/mol. The summed E-state index contributed by atoms with van der Waals surface area (Å²) in [6, 6.07) is 9.06. The second-order valence-corrected chi connectivity index (χ2v) is 4.91. The van der Waals surface area contributed by atoms with E-state index in [9.17, 15) is 14.8 Å². The lowest BCUT2D eigenvalue weighted by molar-refractivity contribution is 0.100. The molecule has 120 valence electrons. The molecule has 24 heavy (non-hydrogen) atoms. The van der Waals surface area contributed by atoms with E-state index in [0.29, 0.717) is 11.3 Å². The second-order valence-electron chi connectivity index (χ2n) is 4.91. The number of anilines is 2. The minimum Gasteiger partial charge on any atom is -0.508 e. The molecule has 1 aromatic carbocycles. The standard InChI is InChI=1S/C15H12N6O3/c16-12-13(8-2-1-3-10(22)6-8)21(19-14(12)17)11-7-9(4-5-18-11)15(23)20-24/h1-7,22H,16H2,(H2,17,19). The van der Waals surface area contributed by atoms with Crippen molar-refractivity contribution in [3.8, 4) is 22.8 Å². The summed E-state index contributed by atoms with van der Waals surface area (Å²) < 4.78 is 1.33. The van der Waals surface area contributed by atoms with Crippen molar-refractivity contribution in [3.63, 3.8) is 0 Å². The molecule has 3 rings (SSSR count). The van der Waals surface area contributed by atoms with E-state index in [1.807, 2.05) is 0 Å². The van der Waals surface area contributed by atoms with Crippen LogP contribution in [0, 0.1) is 4.91 Å². The van der Waals surface area contributed by atoms with Gasteiger partial charge in [0.1, 0.15) is 17.1 Å². The molecule has 0 radical (unpaired) electrons. The summed E-state index contributed by atoms with van der Waals surface area (Å²) in [5.41, 5.74) is 13.0. The number of pyridine rings is 1. The zero-order valence-electron chi connectivity index (χ0n) is 12.2. The van der Waals surface area contributed by atoms with Gasteiger partial charge in [0.2, 0.25) is 0 Å². The molecule has 0 saturated heterocycles. The summed E-state index contributed by atoms with van der Waals surface area (Å²) in [7, 11) is 0. The maximum absolute atomic E-state index is 11.4. The normalized spacial score (nSPS) is 10.5. The van der Waals surface area contributed by atoms with E-state index in [2.05, 4.69) is 15.3 Å². The van der Waals surface area contributed by atoms with Crippen molar-refractivity contribution in [1.29, 1.82) is 0 Å². The van der Waals surface area contributed by atoms with Crippen molar-refractivity contribution in [3.05, 3.63) is 53.1 Å². The molecule has 5 N–H and O–H groups in total. The van der Waals surface area contributed by atoms with E-state index >= 15 is 0 Å². The molecule has 0 atom stereocenters. The Morgan fingerprint density at radius 2 is 2.00 bits per heavy atom. The van der Waals surface area contributed by atoms with E-state index in [4.69, 9.17) is 11.5 Å². The first-order chi connectivity index (χ1) is 11.5. The van der Waals surface area contributed by atoms with E-state index < -0.39 is 5.91 Å². The molecule has 0 aliphatic carbocycles. The number of nitroso groups, excluding NO2 is 1. The maximum atomic E-state index is 11.4. The summed E-state index contributed by atoms with van der Waals surface area (Å²) in [5.74, 6) is -0.586. The number of carbonyl (C=O) groups is 1. The molecule has 1 amide bonds. The predicted octanol–water partition coefficient (Wildman–Crippen LogP) is 1.71. The zero-order chi connectivity index (χ0) is 17.3. The van der Waals surface area contributed by atoms with Crippen molar-refractivity contribution < 1.29 is 9.90 Å². The van der Waals surface area contributed by atoms with Gasteiger partial charge < -0.3 is 16.6 Å². The smallest absolute Gasteiger partial charge is 0.316 e. The number of hydrogen-bond acceptors (Lipinski definition) is 7. The van der Waals surface area contributed by atoms with Crippen LogP contribution in [0.3, 0.4) is 0 Å². The van der Waals surface area contributed by atoms with Crippen LogP contribution >= 0.6 is 0 Å². The van der Waals surface area contributed by atoms with Gasteiger partial charge >= 0.3 is 5.91 Å². The van der Waals surface area contributed by atoms with Crippen molar-refractivity contribution in [2.24, 2.45) is 5.18 Å². The van der Waals surface area contributed by atoms with Crippen molar-refractivity contribution in [2.75, 3.05) is 11.5 Å². The van der Waals surface area contributed by atoms with Crippen LogP contribution in [0.5, 0.6) is 5.75 Å². The fraction of sp³-hybridized carbons (Fsp3) is 0. The Balaban J connectivity index is 2.21. The summed E-state index contributed by atoms with van der Waals surface area (Å²) in [4.78, 5) is 26.0. The van der Waals surface area contributed by atoms with Crippen LogP contribution in [0.15, 0.2) is 47.8 Å². The molecule has 0 aliphatic rings. The Morgan fingerprint density at radius 3 is 2.71 bits per heavy atom. The lowest BCUT2D eigenvalue weighted by Gasteiger charge is -2.08. The molecule has 9 heteroatoms. The van der Waals surface area contributed by atoms with Crippen molar-refractivity contribution in [1.82, 2.24) is 14.8 Å². The van der Waals surface area contributed by atoms with Gasteiger partial charge in [-0.3, -0.25) is 4.79 Å². The van der Waals surface area contributed by atoms with E-state index in [1.54, 1.807) is 12.1 Å². The Morgan fingerprint density at radius 1 is 1.21 bits per heavy atom. The van der Waals surface area contributed by atoms with Crippen LogP contribution in [-0.4, -0.2) is 25.8 Å². The highest BCUT2D eigenvalue weighted by Crippen LogP contribution is 2.33. The van der Waals surface area contributed by atoms with Crippen LogP contribution in [0.25, 0.3) is 17.1 Å². The third-order valence-corrected chi connectivity index (χ3v) is 3.36. The van der Waals surface area contributed by atoms with Gasteiger partial charge in [-0.25, -0.2) is 9.67 Å². The molecule has 9 nitrogen and oxygen atoms in total. The summed E-state index contributed by atoms with van der Waals surface area (Å²) in [5, 5.41) is 16.2. The predicted molar refractivity (Wildman–Crippen MR) is 87.4 cm³/mol. The lowest BCUT2D eigenvalue weighted by Crippen LogP contribution is -2.05. The molecule has 0 fully saturated rings. The van der Waals surface area contributed by atoms with Crippen LogP contribution < -0.4 is 11.5 Å². The lowest BCUT2D eigenvalue weighted by atomic mass is 10.1. The number of hydrogen-bond donors (Lipinski definition) is 3. The Kier molecular flexibility index (Phi) is 3.66. The molecule has 0 aliphatic heterocycles.